The van der Waals surface area contributed by atoms with Gasteiger partial charge in [0.05, 0.1) is 12.0 Å². The topological polar surface area (TPSA) is 70.7 Å². The standard InChI is InChI=1S/C14H16N4O/c19-14(16-8-10-2-1-5-15-7-10)11-3-4-12-13(6-11)18-9-17-12/h1-2,5,7,9,11H,3-4,6,8H2,(H,16,19)(H,17,18)/t11-/m0/s1. The number of hydrogen-bond acceptors (Lipinski definition) is 3. The monoisotopic (exact) mass is 256 g/mol. The van der Waals surface area contributed by atoms with Gasteiger partial charge in [-0.25, -0.2) is 4.98 Å². The number of pyridine rings is 1. The summed E-state index contributed by atoms with van der Waals surface area (Å²) in [7, 11) is 0. The summed E-state index contributed by atoms with van der Waals surface area (Å²) in [6, 6.07) is 3.83. The molecule has 1 atom stereocenters. The molecule has 0 aliphatic heterocycles. The molecule has 2 aromatic rings. The minimum absolute atomic E-state index is 0.0459. The van der Waals surface area contributed by atoms with Crippen molar-refractivity contribution in [1.29, 1.82) is 0 Å². The van der Waals surface area contributed by atoms with Crippen LogP contribution in [0, 0.1) is 5.92 Å². The average Bonchev–Trinajstić information content (AvgIpc) is 2.93. The molecule has 1 aliphatic rings. The maximum Gasteiger partial charge on any atom is 0.223 e. The van der Waals surface area contributed by atoms with Gasteiger partial charge in [0.15, 0.2) is 0 Å². The number of imidazole rings is 1. The van der Waals surface area contributed by atoms with Crippen LogP contribution < -0.4 is 5.32 Å². The summed E-state index contributed by atoms with van der Waals surface area (Å²) in [6.07, 6.45) is 7.72. The minimum atomic E-state index is 0.0459. The number of rotatable bonds is 3. The van der Waals surface area contributed by atoms with E-state index in [4.69, 9.17) is 0 Å². The zero-order chi connectivity index (χ0) is 13.1. The quantitative estimate of drug-likeness (QED) is 0.867. The van der Waals surface area contributed by atoms with Crippen molar-refractivity contribution in [3.05, 3.63) is 47.8 Å². The fourth-order valence-electron chi connectivity index (χ4n) is 2.46. The number of fused-ring (bicyclic) bond motifs is 1. The molecule has 5 heteroatoms. The Morgan fingerprint density at radius 2 is 2.47 bits per heavy atom. The molecule has 0 radical (unpaired) electrons. The molecule has 0 unspecified atom stereocenters. The Balaban J connectivity index is 1.57. The summed E-state index contributed by atoms with van der Waals surface area (Å²) in [5, 5.41) is 2.98. The summed E-state index contributed by atoms with van der Waals surface area (Å²) >= 11 is 0. The van der Waals surface area contributed by atoms with Crippen LogP contribution in [-0.4, -0.2) is 20.9 Å². The molecule has 0 spiro atoms. The van der Waals surface area contributed by atoms with Crippen molar-refractivity contribution in [2.45, 2.75) is 25.8 Å². The Morgan fingerprint density at radius 1 is 1.53 bits per heavy atom. The first kappa shape index (κ1) is 11.9. The Hall–Kier alpha value is -2.17. The Morgan fingerprint density at radius 3 is 3.32 bits per heavy atom. The predicted octanol–water partition coefficient (Wildman–Crippen LogP) is 1.23. The van der Waals surface area contributed by atoms with Gasteiger partial charge in [0.25, 0.3) is 0 Å². The summed E-state index contributed by atoms with van der Waals surface area (Å²) in [5.41, 5.74) is 3.23. The van der Waals surface area contributed by atoms with Gasteiger partial charge in [0, 0.05) is 37.0 Å². The number of nitrogens with zero attached hydrogens (tertiary/aromatic N) is 2. The highest BCUT2D eigenvalue weighted by atomic mass is 16.1. The van der Waals surface area contributed by atoms with Gasteiger partial charge in [-0.05, 0) is 24.5 Å². The molecule has 0 saturated heterocycles. The molecular weight excluding hydrogens is 240 g/mol. The second kappa shape index (κ2) is 5.22. The van der Waals surface area contributed by atoms with Crippen molar-refractivity contribution in [2.75, 3.05) is 0 Å². The van der Waals surface area contributed by atoms with E-state index in [1.54, 1.807) is 18.7 Å². The van der Waals surface area contributed by atoms with Gasteiger partial charge >= 0.3 is 0 Å². The number of nitrogens with one attached hydrogen (secondary N) is 2. The van der Waals surface area contributed by atoms with Crippen molar-refractivity contribution in [3.8, 4) is 0 Å². The van der Waals surface area contributed by atoms with Crippen LogP contribution in [0.2, 0.25) is 0 Å². The molecule has 0 saturated carbocycles. The van der Waals surface area contributed by atoms with Crippen molar-refractivity contribution in [1.82, 2.24) is 20.3 Å². The number of hydrogen-bond donors (Lipinski definition) is 2. The van der Waals surface area contributed by atoms with E-state index >= 15 is 0 Å². The second-order valence-electron chi connectivity index (χ2n) is 4.85. The Kier molecular flexibility index (Phi) is 3.27. The SMILES string of the molecule is O=C(NCc1cccnc1)[C@H]1CCc2nc[nH]c2C1. The van der Waals surface area contributed by atoms with Crippen LogP contribution in [0.25, 0.3) is 0 Å². The third-order valence-electron chi connectivity index (χ3n) is 3.55. The molecule has 0 fully saturated rings. The molecule has 1 aliphatic carbocycles. The van der Waals surface area contributed by atoms with Crippen molar-refractivity contribution in [2.24, 2.45) is 5.92 Å². The van der Waals surface area contributed by atoms with Crippen molar-refractivity contribution >= 4 is 5.91 Å². The molecule has 0 aromatic carbocycles. The van der Waals surface area contributed by atoms with Gasteiger partial charge in [-0.15, -0.1) is 0 Å². The van der Waals surface area contributed by atoms with E-state index in [0.29, 0.717) is 6.54 Å². The zero-order valence-electron chi connectivity index (χ0n) is 10.6. The number of H-pyrrole nitrogens is 1. The third-order valence-corrected chi connectivity index (χ3v) is 3.55. The van der Waals surface area contributed by atoms with Gasteiger partial charge in [-0.3, -0.25) is 9.78 Å². The summed E-state index contributed by atoms with van der Waals surface area (Å²) in [4.78, 5) is 23.5. The smallest absolute Gasteiger partial charge is 0.223 e. The lowest BCUT2D eigenvalue weighted by Gasteiger charge is -2.20. The Labute approximate surface area is 111 Å². The lowest BCUT2D eigenvalue weighted by molar-refractivity contribution is -0.125. The number of aryl methyl sites for hydroxylation is 1. The molecule has 19 heavy (non-hydrogen) atoms. The van der Waals surface area contributed by atoms with Crippen LogP contribution >= 0.6 is 0 Å². The fraction of sp³-hybridized carbons (Fsp3) is 0.357. The molecule has 2 N–H and O–H groups in total. The van der Waals surface area contributed by atoms with Gasteiger partial charge in [-0.2, -0.15) is 0 Å². The maximum atomic E-state index is 12.1. The van der Waals surface area contributed by atoms with Crippen LogP contribution in [0.1, 0.15) is 23.4 Å². The highest BCUT2D eigenvalue weighted by Gasteiger charge is 2.25. The lowest BCUT2D eigenvalue weighted by atomic mass is 9.89. The summed E-state index contributed by atoms with van der Waals surface area (Å²) in [5.74, 6) is 0.161. The predicted molar refractivity (Wildman–Crippen MR) is 70.2 cm³/mol. The van der Waals surface area contributed by atoms with Crippen molar-refractivity contribution in [3.63, 3.8) is 0 Å². The lowest BCUT2D eigenvalue weighted by Crippen LogP contribution is -2.33. The van der Waals surface area contributed by atoms with E-state index in [0.717, 1.165) is 36.2 Å². The fourth-order valence-corrected chi connectivity index (χ4v) is 2.46. The number of amides is 1. The second-order valence-corrected chi connectivity index (χ2v) is 4.85. The van der Waals surface area contributed by atoms with E-state index in [2.05, 4.69) is 20.3 Å². The van der Waals surface area contributed by atoms with Crippen LogP contribution in [0.3, 0.4) is 0 Å². The van der Waals surface area contributed by atoms with Crippen LogP contribution in [-0.2, 0) is 24.2 Å². The maximum absolute atomic E-state index is 12.1. The zero-order valence-corrected chi connectivity index (χ0v) is 10.6. The number of aromatic nitrogens is 3. The minimum Gasteiger partial charge on any atom is -0.352 e. The molecule has 2 heterocycles. The first-order valence-corrected chi connectivity index (χ1v) is 6.50. The van der Waals surface area contributed by atoms with Crippen LogP contribution in [0.5, 0.6) is 0 Å². The molecule has 2 aromatic heterocycles. The highest BCUT2D eigenvalue weighted by Crippen LogP contribution is 2.22. The summed E-state index contributed by atoms with van der Waals surface area (Å²) < 4.78 is 0. The van der Waals surface area contributed by atoms with E-state index in [1.807, 2.05) is 12.1 Å². The van der Waals surface area contributed by atoms with E-state index < -0.39 is 0 Å². The average molecular weight is 256 g/mol. The third kappa shape index (κ3) is 2.65. The van der Waals surface area contributed by atoms with Gasteiger partial charge in [-0.1, -0.05) is 6.07 Å². The molecule has 98 valence electrons. The van der Waals surface area contributed by atoms with Crippen LogP contribution in [0.15, 0.2) is 30.9 Å². The Bertz CT molecular complexity index is 564. The number of carbonyl (C=O) groups excluding carboxylic acids is 1. The highest BCUT2D eigenvalue weighted by molar-refractivity contribution is 5.79. The van der Waals surface area contributed by atoms with E-state index in [9.17, 15) is 4.79 Å². The van der Waals surface area contributed by atoms with Crippen molar-refractivity contribution < 1.29 is 4.79 Å². The first-order chi connectivity index (χ1) is 9.33. The van der Waals surface area contributed by atoms with E-state index in [-0.39, 0.29) is 11.8 Å². The molecule has 1 amide bonds. The molecule has 3 rings (SSSR count). The summed E-state index contributed by atoms with van der Waals surface area (Å²) in [6.45, 7) is 0.541. The number of aromatic amines is 1. The number of carbonyl (C=O) groups is 1. The first-order valence-electron chi connectivity index (χ1n) is 6.50. The van der Waals surface area contributed by atoms with E-state index in [1.165, 1.54) is 0 Å². The van der Waals surface area contributed by atoms with Crippen LogP contribution in [0.4, 0.5) is 0 Å². The van der Waals surface area contributed by atoms with Gasteiger partial charge in [0.1, 0.15) is 0 Å². The molecule has 5 nitrogen and oxygen atoms in total. The molecular formula is C14H16N4O. The normalized spacial score (nSPS) is 17.8. The van der Waals surface area contributed by atoms with Gasteiger partial charge in [0.2, 0.25) is 5.91 Å². The van der Waals surface area contributed by atoms with Gasteiger partial charge < -0.3 is 10.3 Å². The molecule has 0 bridgehead atoms. The largest absolute Gasteiger partial charge is 0.352 e.